The SMILES string of the molecule is CC(C)[C@H](NC(=O)OCc1ccccc1)C(=O)N[C@@H](C(C)C)[C@@H](O)C(F)(F)F. The van der Waals surface area contributed by atoms with Crippen molar-refractivity contribution >= 4 is 12.0 Å². The molecule has 0 aliphatic carbocycles. The van der Waals surface area contributed by atoms with Crippen LogP contribution in [0.5, 0.6) is 0 Å². The fourth-order valence-corrected chi connectivity index (χ4v) is 2.49. The van der Waals surface area contributed by atoms with Gasteiger partial charge in [0, 0.05) is 0 Å². The van der Waals surface area contributed by atoms with Gasteiger partial charge in [-0.25, -0.2) is 4.79 Å². The van der Waals surface area contributed by atoms with E-state index >= 15 is 0 Å². The highest BCUT2D eigenvalue weighted by Gasteiger charge is 2.45. The van der Waals surface area contributed by atoms with Crippen LogP contribution in [0, 0.1) is 11.8 Å². The van der Waals surface area contributed by atoms with E-state index in [1.54, 1.807) is 38.1 Å². The van der Waals surface area contributed by atoms with Crippen LogP contribution in [-0.4, -0.2) is 41.5 Å². The molecule has 1 aromatic carbocycles. The number of alkyl halides is 3. The van der Waals surface area contributed by atoms with Gasteiger partial charge in [-0.05, 0) is 17.4 Å². The molecule has 2 amide bonds. The maximum absolute atomic E-state index is 12.9. The van der Waals surface area contributed by atoms with Gasteiger partial charge in [0.25, 0.3) is 0 Å². The Morgan fingerprint density at radius 2 is 1.61 bits per heavy atom. The third-order valence-electron chi connectivity index (χ3n) is 4.14. The largest absolute Gasteiger partial charge is 0.445 e. The third-order valence-corrected chi connectivity index (χ3v) is 4.14. The molecule has 0 heterocycles. The molecule has 0 aliphatic heterocycles. The molecule has 0 bridgehead atoms. The summed E-state index contributed by atoms with van der Waals surface area (Å²) in [5, 5.41) is 14.1. The number of ether oxygens (including phenoxy) is 1. The van der Waals surface area contributed by atoms with Crippen molar-refractivity contribution in [1.29, 1.82) is 0 Å². The average Bonchev–Trinajstić information content (AvgIpc) is 2.61. The van der Waals surface area contributed by atoms with Crippen LogP contribution in [0.1, 0.15) is 33.3 Å². The maximum Gasteiger partial charge on any atom is 0.416 e. The fraction of sp³-hybridized carbons (Fsp3) is 0.579. The van der Waals surface area contributed by atoms with Crippen LogP contribution in [0.15, 0.2) is 30.3 Å². The van der Waals surface area contributed by atoms with Crippen molar-refractivity contribution in [3.8, 4) is 0 Å². The molecular weight excluding hydrogens is 377 g/mol. The van der Waals surface area contributed by atoms with Gasteiger partial charge in [0.1, 0.15) is 12.6 Å². The lowest BCUT2D eigenvalue weighted by atomic mass is 9.96. The molecule has 0 spiro atoms. The van der Waals surface area contributed by atoms with Crippen molar-refractivity contribution < 1.29 is 32.6 Å². The van der Waals surface area contributed by atoms with Crippen molar-refractivity contribution in [2.75, 3.05) is 0 Å². The van der Waals surface area contributed by atoms with Crippen LogP contribution >= 0.6 is 0 Å². The Hall–Kier alpha value is -2.29. The topological polar surface area (TPSA) is 87.7 Å². The van der Waals surface area contributed by atoms with E-state index in [-0.39, 0.29) is 6.61 Å². The summed E-state index contributed by atoms with van der Waals surface area (Å²) in [4.78, 5) is 24.5. The standard InChI is InChI=1S/C19H27F3N2O4/c1-11(2)14(16(25)19(20,21)22)23-17(26)15(12(3)4)24-18(27)28-10-13-8-6-5-7-9-13/h5-9,11-12,14-16,25H,10H2,1-4H3,(H,23,26)(H,24,27)/t14-,15-,16+/m0/s1. The molecule has 0 fully saturated rings. The number of carbonyl (C=O) groups excluding carboxylic acids is 2. The Morgan fingerprint density at radius 1 is 1.04 bits per heavy atom. The van der Waals surface area contributed by atoms with Crippen molar-refractivity contribution in [2.45, 2.75) is 58.7 Å². The molecule has 158 valence electrons. The molecule has 0 saturated carbocycles. The molecule has 0 saturated heterocycles. The molecular formula is C19H27F3N2O4. The number of aliphatic hydroxyl groups is 1. The summed E-state index contributed by atoms with van der Waals surface area (Å²) < 4.78 is 43.6. The molecule has 6 nitrogen and oxygen atoms in total. The molecule has 1 rings (SSSR count). The number of halogens is 3. The highest BCUT2D eigenvalue weighted by molar-refractivity contribution is 5.86. The summed E-state index contributed by atoms with van der Waals surface area (Å²) >= 11 is 0. The average molecular weight is 404 g/mol. The summed E-state index contributed by atoms with van der Waals surface area (Å²) in [5.41, 5.74) is 0.747. The zero-order chi connectivity index (χ0) is 21.5. The summed E-state index contributed by atoms with van der Waals surface area (Å²) in [6.45, 7) is 6.15. The fourth-order valence-electron chi connectivity index (χ4n) is 2.49. The summed E-state index contributed by atoms with van der Waals surface area (Å²) in [6, 6.07) is 6.21. The highest BCUT2D eigenvalue weighted by Crippen LogP contribution is 2.25. The van der Waals surface area contributed by atoms with E-state index in [1.807, 2.05) is 6.07 Å². The van der Waals surface area contributed by atoms with E-state index < -0.39 is 48.2 Å². The number of amides is 2. The van der Waals surface area contributed by atoms with Gasteiger partial charge in [-0.15, -0.1) is 0 Å². The second kappa shape index (κ2) is 10.3. The lowest BCUT2D eigenvalue weighted by Crippen LogP contribution is -2.58. The van der Waals surface area contributed by atoms with Gasteiger partial charge < -0.3 is 20.5 Å². The van der Waals surface area contributed by atoms with E-state index in [0.29, 0.717) is 0 Å². The summed E-state index contributed by atoms with van der Waals surface area (Å²) in [7, 11) is 0. The predicted molar refractivity (Wildman–Crippen MR) is 97.2 cm³/mol. The van der Waals surface area contributed by atoms with Crippen molar-refractivity contribution in [3.05, 3.63) is 35.9 Å². The number of rotatable bonds is 8. The van der Waals surface area contributed by atoms with Gasteiger partial charge in [0.2, 0.25) is 5.91 Å². The second-order valence-electron chi connectivity index (χ2n) is 7.19. The second-order valence-corrected chi connectivity index (χ2v) is 7.19. The Labute approximate surface area is 162 Å². The monoisotopic (exact) mass is 404 g/mol. The van der Waals surface area contributed by atoms with E-state index in [9.17, 15) is 27.9 Å². The Morgan fingerprint density at radius 3 is 2.07 bits per heavy atom. The third kappa shape index (κ3) is 7.38. The van der Waals surface area contributed by atoms with E-state index in [2.05, 4.69) is 10.6 Å². The van der Waals surface area contributed by atoms with Gasteiger partial charge in [-0.3, -0.25) is 4.79 Å². The van der Waals surface area contributed by atoms with Crippen LogP contribution < -0.4 is 10.6 Å². The minimum absolute atomic E-state index is 0.0134. The van der Waals surface area contributed by atoms with Crippen molar-refractivity contribution in [3.63, 3.8) is 0 Å². The number of carbonyl (C=O) groups is 2. The van der Waals surface area contributed by atoms with Crippen LogP contribution in [0.25, 0.3) is 0 Å². The van der Waals surface area contributed by atoms with Crippen LogP contribution in [-0.2, 0) is 16.1 Å². The number of nitrogens with one attached hydrogen (secondary N) is 2. The molecule has 9 heteroatoms. The molecule has 1 aromatic rings. The van der Waals surface area contributed by atoms with Crippen LogP contribution in [0.4, 0.5) is 18.0 Å². The van der Waals surface area contributed by atoms with Gasteiger partial charge in [-0.1, -0.05) is 58.0 Å². The quantitative estimate of drug-likeness (QED) is 0.622. The predicted octanol–water partition coefficient (Wildman–Crippen LogP) is 3.00. The molecule has 3 atom stereocenters. The zero-order valence-electron chi connectivity index (χ0n) is 16.3. The highest BCUT2D eigenvalue weighted by atomic mass is 19.4. The molecule has 0 radical (unpaired) electrons. The van der Waals surface area contributed by atoms with E-state index in [1.165, 1.54) is 13.8 Å². The Balaban J connectivity index is 2.75. The maximum atomic E-state index is 12.9. The van der Waals surface area contributed by atoms with Crippen molar-refractivity contribution in [2.24, 2.45) is 11.8 Å². The zero-order valence-corrected chi connectivity index (χ0v) is 16.3. The first-order valence-corrected chi connectivity index (χ1v) is 8.95. The minimum Gasteiger partial charge on any atom is -0.445 e. The number of benzene rings is 1. The smallest absolute Gasteiger partial charge is 0.416 e. The summed E-state index contributed by atoms with van der Waals surface area (Å²) in [6.07, 6.45) is -8.46. The molecule has 0 aliphatic rings. The number of aliphatic hydroxyl groups excluding tert-OH is 1. The van der Waals surface area contributed by atoms with Gasteiger partial charge >= 0.3 is 12.3 Å². The van der Waals surface area contributed by atoms with Gasteiger partial charge in [0.05, 0.1) is 6.04 Å². The van der Waals surface area contributed by atoms with Gasteiger partial charge in [0.15, 0.2) is 6.10 Å². The minimum atomic E-state index is -4.88. The number of hydrogen-bond acceptors (Lipinski definition) is 4. The first-order valence-electron chi connectivity index (χ1n) is 8.95. The number of hydrogen-bond donors (Lipinski definition) is 3. The Kier molecular flexibility index (Phi) is 8.74. The first kappa shape index (κ1) is 23.7. The Bertz CT molecular complexity index is 636. The molecule has 28 heavy (non-hydrogen) atoms. The molecule has 3 N–H and O–H groups in total. The van der Waals surface area contributed by atoms with Gasteiger partial charge in [-0.2, -0.15) is 13.2 Å². The van der Waals surface area contributed by atoms with E-state index in [0.717, 1.165) is 5.56 Å². The van der Waals surface area contributed by atoms with Crippen LogP contribution in [0.3, 0.4) is 0 Å². The number of alkyl carbamates (subject to hydrolysis) is 1. The normalized spacial score (nSPS) is 15.1. The molecule has 0 unspecified atom stereocenters. The van der Waals surface area contributed by atoms with Crippen LogP contribution in [0.2, 0.25) is 0 Å². The van der Waals surface area contributed by atoms with Crippen molar-refractivity contribution in [1.82, 2.24) is 10.6 Å². The lowest BCUT2D eigenvalue weighted by Gasteiger charge is -2.31. The summed E-state index contributed by atoms with van der Waals surface area (Å²) in [5.74, 6) is -1.92. The lowest BCUT2D eigenvalue weighted by molar-refractivity contribution is -0.215. The first-order chi connectivity index (χ1) is 12.9. The van der Waals surface area contributed by atoms with E-state index in [4.69, 9.17) is 4.74 Å². The molecule has 0 aromatic heterocycles.